The van der Waals surface area contributed by atoms with Crippen molar-refractivity contribution >= 4 is 12.4 Å². The van der Waals surface area contributed by atoms with Crippen LogP contribution in [0.4, 0.5) is 0 Å². The molecule has 0 unspecified atom stereocenters. The molecule has 0 saturated carbocycles. The molecule has 1 rings (SSSR count). The molecule has 1 nitrogen and oxygen atoms in total. The van der Waals surface area contributed by atoms with Crippen molar-refractivity contribution in [2.24, 2.45) is 0 Å². The highest BCUT2D eigenvalue weighted by atomic mass is 16.1. The highest BCUT2D eigenvalue weighted by molar-refractivity contribution is 5.77. The molecule has 0 heterocycles. The number of hydrogen-bond donors (Lipinski definition) is 0. The molecular formula is C15H16O. The van der Waals surface area contributed by atoms with E-state index in [4.69, 9.17) is 0 Å². The summed E-state index contributed by atoms with van der Waals surface area (Å²) >= 11 is 0. The van der Waals surface area contributed by atoms with E-state index in [1.54, 1.807) is 6.08 Å². The Bertz CT molecular complexity index is 422. The molecule has 0 amide bonds. The number of rotatable bonds is 4. The molecule has 1 aromatic rings. The quantitative estimate of drug-likeness (QED) is 0.421. The van der Waals surface area contributed by atoms with Gasteiger partial charge < -0.3 is 0 Å². The second-order valence-electron chi connectivity index (χ2n) is 3.54. The predicted octanol–water partition coefficient (Wildman–Crippen LogP) is 3.79. The van der Waals surface area contributed by atoms with Crippen molar-refractivity contribution in [3.05, 3.63) is 65.3 Å². The standard InChI is InChI=1S/C15H16O/c1-3-14(12-16)10-9-13(2)11-15-7-5-4-6-8-15/h3-12H,1-2H3/b10-9+,13-11+,14-3-. The summed E-state index contributed by atoms with van der Waals surface area (Å²) < 4.78 is 0. The molecule has 16 heavy (non-hydrogen) atoms. The molecule has 0 aromatic heterocycles. The fraction of sp³-hybridized carbons (Fsp3) is 0.133. The van der Waals surface area contributed by atoms with Gasteiger partial charge in [-0.05, 0) is 19.4 Å². The molecule has 0 aliphatic carbocycles. The third-order valence-electron chi connectivity index (χ3n) is 2.20. The van der Waals surface area contributed by atoms with Crippen LogP contribution in [0.5, 0.6) is 0 Å². The monoisotopic (exact) mass is 212 g/mol. The molecule has 0 aliphatic rings. The van der Waals surface area contributed by atoms with E-state index in [2.05, 4.69) is 6.08 Å². The smallest absolute Gasteiger partial charge is 0.149 e. The third kappa shape index (κ3) is 4.09. The van der Waals surface area contributed by atoms with Crippen molar-refractivity contribution in [2.45, 2.75) is 13.8 Å². The molecule has 0 bridgehead atoms. The van der Waals surface area contributed by atoms with Gasteiger partial charge in [0.25, 0.3) is 0 Å². The van der Waals surface area contributed by atoms with Crippen LogP contribution in [0.15, 0.2) is 59.7 Å². The first-order chi connectivity index (χ1) is 7.76. The van der Waals surface area contributed by atoms with Crippen LogP contribution in [0.2, 0.25) is 0 Å². The number of carbonyl (C=O) groups is 1. The number of benzene rings is 1. The van der Waals surface area contributed by atoms with E-state index in [-0.39, 0.29) is 0 Å². The molecule has 0 aliphatic heterocycles. The van der Waals surface area contributed by atoms with Gasteiger partial charge in [0.05, 0.1) is 0 Å². The van der Waals surface area contributed by atoms with Crippen LogP contribution in [-0.4, -0.2) is 6.29 Å². The van der Waals surface area contributed by atoms with Crippen molar-refractivity contribution in [1.29, 1.82) is 0 Å². The Kier molecular flexibility index (Phi) is 5.00. The van der Waals surface area contributed by atoms with E-state index in [1.165, 1.54) is 0 Å². The summed E-state index contributed by atoms with van der Waals surface area (Å²) in [5.41, 5.74) is 2.98. The lowest BCUT2D eigenvalue weighted by molar-refractivity contribution is -0.104. The van der Waals surface area contributed by atoms with Crippen LogP contribution in [0.25, 0.3) is 6.08 Å². The van der Waals surface area contributed by atoms with E-state index in [1.807, 2.05) is 56.3 Å². The maximum absolute atomic E-state index is 10.6. The van der Waals surface area contributed by atoms with Gasteiger partial charge in [-0.15, -0.1) is 0 Å². The van der Waals surface area contributed by atoms with Gasteiger partial charge in [-0.25, -0.2) is 0 Å². The molecule has 0 saturated heterocycles. The Labute approximate surface area is 96.8 Å². The average molecular weight is 212 g/mol. The Balaban J connectivity index is 2.76. The molecule has 0 N–H and O–H groups in total. The van der Waals surface area contributed by atoms with Crippen molar-refractivity contribution in [3.63, 3.8) is 0 Å². The highest BCUT2D eigenvalue weighted by Crippen LogP contribution is 2.07. The largest absolute Gasteiger partial charge is 0.298 e. The van der Waals surface area contributed by atoms with Gasteiger partial charge in [-0.2, -0.15) is 0 Å². The maximum Gasteiger partial charge on any atom is 0.149 e. The van der Waals surface area contributed by atoms with Crippen LogP contribution in [0, 0.1) is 0 Å². The summed E-state index contributed by atoms with van der Waals surface area (Å²) in [6.07, 6.45) is 8.48. The topological polar surface area (TPSA) is 17.1 Å². The van der Waals surface area contributed by atoms with Crippen molar-refractivity contribution in [3.8, 4) is 0 Å². The molecule has 0 atom stereocenters. The summed E-state index contributed by atoms with van der Waals surface area (Å²) in [4.78, 5) is 10.6. The van der Waals surface area contributed by atoms with Gasteiger partial charge in [0.2, 0.25) is 0 Å². The highest BCUT2D eigenvalue weighted by Gasteiger charge is 1.88. The normalized spacial score (nSPS) is 13.1. The van der Waals surface area contributed by atoms with Crippen LogP contribution < -0.4 is 0 Å². The molecule has 0 spiro atoms. The maximum atomic E-state index is 10.6. The van der Waals surface area contributed by atoms with Gasteiger partial charge in [0.15, 0.2) is 0 Å². The Hall–Kier alpha value is -1.89. The van der Waals surface area contributed by atoms with Crippen LogP contribution >= 0.6 is 0 Å². The van der Waals surface area contributed by atoms with E-state index in [0.717, 1.165) is 17.4 Å². The minimum atomic E-state index is 0.695. The lowest BCUT2D eigenvalue weighted by Gasteiger charge is -1.94. The van der Waals surface area contributed by atoms with E-state index in [9.17, 15) is 4.79 Å². The SMILES string of the molecule is C/C=C(C=O)/C=C/C(C)=C/c1ccccc1. The second-order valence-corrected chi connectivity index (χ2v) is 3.54. The number of aldehydes is 1. The molecule has 0 fully saturated rings. The first-order valence-corrected chi connectivity index (χ1v) is 5.29. The van der Waals surface area contributed by atoms with Gasteiger partial charge in [-0.1, -0.05) is 60.2 Å². The van der Waals surface area contributed by atoms with E-state index >= 15 is 0 Å². The molecule has 1 heteroatoms. The average Bonchev–Trinajstić information content (AvgIpc) is 2.31. The first kappa shape index (κ1) is 12.2. The molecule has 0 radical (unpaired) electrons. The molecule has 1 aromatic carbocycles. The van der Waals surface area contributed by atoms with Gasteiger partial charge in [0.1, 0.15) is 6.29 Å². The number of allylic oxidation sites excluding steroid dienone is 5. The molecular weight excluding hydrogens is 196 g/mol. The summed E-state index contributed by atoms with van der Waals surface area (Å²) in [6, 6.07) is 10.1. The van der Waals surface area contributed by atoms with Crippen molar-refractivity contribution < 1.29 is 4.79 Å². The minimum Gasteiger partial charge on any atom is -0.298 e. The Morgan fingerprint density at radius 1 is 1.12 bits per heavy atom. The van der Waals surface area contributed by atoms with Crippen LogP contribution in [-0.2, 0) is 4.79 Å². The summed E-state index contributed by atoms with van der Waals surface area (Å²) in [5, 5.41) is 0. The number of hydrogen-bond acceptors (Lipinski definition) is 1. The Morgan fingerprint density at radius 2 is 1.81 bits per heavy atom. The fourth-order valence-electron chi connectivity index (χ4n) is 1.29. The Morgan fingerprint density at radius 3 is 2.38 bits per heavy atom. The van der Waals surface area contributed by atoms with Gasteiger partial charge in [-0.3, -0.25) is 4.79 Å². The first-order valence-electron chi connectivity index (χ1n) is 5.29. The predicted molar refractivity (Wildman–Crippen MR) is 69.1 cm³/mol. The minimum absolute atomic E-state index is 0.695. The van der Waals surface area contributed by atoms with Gasteiger partial charge in [0, 0.05) is 5.57 Å². The fourth-order valence-corrected chi connectivity index (χ4v) is 1.29. The zero-order valence-electron chi connectivity index (χ0n) is 9.68. The van der Waals surface area contributed by atoms with E-state index in [0.29, 0.717) is 5.57 Å². The molecule has 82 valence electrons. The lowest BCUT2D eigenvalue weighted by atomic mass is 10.1. The zero-order valence-corrected chi connectivity index (χ0v) is 9.68. The number of carbonyl (C=O) groups excluding carboxylic acids is 1. The third-order valence-corrected chi connectivity index (χ3v) is 2.20. The van der Waals surface area contributed by atoms with E-state index < -0.39 is 0 Å². The van der Waals surface area contributed by atoms with Crippen LogP contribution in [0.3, 0.4) is 0 Å². The van der Waals surface area contributed by atoms with Crippen molar-refractivity contribution in [2.75, 3.05) is 0 Å². The van der Waals surface area contributed by atoms with Gasteiger partial charge >= 0.3 is 0 Å². The van der Waals surface area contributed by atoms with Crippen LogP contribution in [0.1, 0.15) is 19.4 Å². The zero-order chi connectivity index (χ0) is 11.8. The summed E-state index contributed by atoms with van der Waals surface area (Å²) in [6.45, 7) is 3.87. The summed E-state index contributed by atoms with van der Waals surface area (Å²) in [5.74, 6) is 0. The second kappa shape index (κ2) is 6.57. The lowest BCUT2D eigenvalue weighted by Crippen LogP contribution is -1.78. The van der Waals surface area contributed by atoms with Crippen molar-refractivity contribution in [1.82, 2.24) is 0 Å². The summed E-state index contributed by atoms with van der Waals surface area (Å²) in [7, 11) is 0.